The van der Waals surface area contributed by atoms with Gasteiger partial charge in [0.2, 0.25) is 5.88 Å². The summed E-state index contributed by atoms with van der Waals surface area (Å²) in [6, 6.07) is 15.4. The summed E-state index contributed by atoms with van der Waals surface area (Å²) in [5.74, 6) is 1.16. The summed E-state index contributed by atoms with van der Waals surface area (Å²) in [6.07, 6.45) is 5.30. The van der Waals surface area contributed by atoms with Crippen LogP contribution < -0.4 is 4.74 Å². The van der Waals surface area contributed by atoms with Gasteiger partial charge in [0.05, 0.1) is 20.3 Å². The van der Waals surface area contributed by atoms with E-state index < -0.39 is 0 Å². The van der Waals surface area contributed by atoms with E-state index in [1.165, 1.54) is 0 Å². The maximum atomic E-state index is 13.5. The van der Waals surface area contributed by atoms with Crippen LogP contribution in [0, 0.1) is 0 Å². The number of aliphatic hydroxyl groups excluding tert-OH is 1. The molecule has 0 saturated carbocycles. The number of imidazole rings is 1. The number of aryl methyl sites for hydroxylation is 1. The number of aliphatic hydroxyl groups is 1. The van der Waals surface area contributed by atoms with Crippen molar-refractivity contribution in [2.75, 3.05) is 20.3 Å². The minimum Gasteiger partial charge on any atom is -0.481 e. The Hall–Kier alpha value is -3.71. The van der Waals surface area contributed by atoms with Crippen molar-refractivity contribution in [2.24, 2.45) is 7.05 Å². The number of hydrogen-bond donors (Lipinski definition) is 1. The lowest BCUT2D eigenvalue weighted by Gasteiger charge is -2.23. The van der Waals surface area contributed by atoms with Gasteiger partial charge in [-0.1, -0.05) is 30.3 Å². The van der Waals surface area contributed by atoms with E-state index in [2.05, 4.69) is 9.97 Å². The van der Waals surface area contributed by atoms with Crippen LogP contribution in [0.1, 0.15) is 16.2 Å². The van der Waals surface area contributed by atoms with Gasteiger partial charge in [-0.2, -0.15) is 0 Å². The van der Waals surface area contributed by atoms with Crippen LogP contribution in [0.25, 0.3) is 21.9 Å². The third kappa shape index (κ3) is 4.13. The van der Waals surface area contributed by atoms with Crippen LogP contribution in [0.3, 0.4) is 0 Å². The molecule has 0 aliphatic rings. The Kier molecular flexibility index (Phi) is 5.95. The predicted octanol–water partition coefficient (Wildman–Crippen LogP) is 3.28. The van der Waals surface area contributed by atoms with Gasteiger partial charge in [0.15, 0.2) is 0 Å². The molecule has 2 aromatic carbocycles. The lowest BCUT2D eigenvalue weighted by atomic mass is 9.95. The molecule has 7 heteroatoms. The Balaban J connectivity index is 1.75. The van der Waals surface area contributed by atoms with Gasteiger partial charge in [-0.05, 0) is 28.5 Å². The van der Waals surface area contributed by atoms with Crippen molar-refractivity contribution < 1.29 is 14.6 Å². The number of ether oxygens (including phenoxy) is 1. The van der Waals surface area contributed by atoms with Gasteiger partial charge in [-0.3, -0.25) is 4.79 Å². The summed E-state index contributed by atoms with van der Waals surface area (Å²) in [5.41, 5.74) is 2.51. The molecule has 0 aliphatic carbocycles. The topological polar surface area (TPSA) is 80.5 Å². The van der Waals surface area contributed by atoms with Crippen LogP contribution >= 0.6 is 0 Å². The van der Waals surface area contributed by atoms with Gasteiger partial charge in [-0.15, -0.1) is 0 Å². The standard InChI is InChI=1S/C24H24N4O3/c1-27-12-11-25-22(27)16-28(13-14-29)24(30)21-9-8-18(19-5-3-4-6-20(19)21)17-7-10-23(31-2)26-15-17/h3-12,15,29H,13-14,16H2,1-2H3. The summed E-state index contributed by atoms with van der Waals surface area (Å²) in [4.78, 5) is 23.7. The average Bonchev–Trinajstić information content (AvgIpc) is 3.22. The molecule has 0 fully saturated rings. The summed E-state index contributed by atoms with van der Waals surface area (Å²) >= 11 is 0. The summed E-state index contributed by atoms with van der Waals surface area (Å²) in [6.45, 7) is 0.426. The van der Waals surface area contributed by atoms with E-state index in [0.717, 1.165) is 27.7 Å². The lowest BCUT2D eigenvalue weighted by molar-refractivity contribution is 0.0703. The number of pyridine rings is 1. The molecule has 0 atom stereocenters. The molecule has 7 nitrogen and oxygen atoms in total. The first-order chi connectivity index (χ1) is 15.1. The quantitative estimate of drug-likeness (QED) is 0.500. The molecular formula is C24H24N4O3. The van der Waals surface area contributed by atoms with Crippen LogP contribution in [0.5, 0.6) is 5.88 Å². The Labute approximate surface area is 180 Å². The monoisotopic (exact) mass is 416 g/mol. The fourth-order valence-corrected chi connectivity index (χ4v) is 3.66. The molecule has 0 radical (unpaired) electrons. The largest absolute Gasteiger partial charge is 0.481 e. The van der Waals surface area contributed by atoms with Crippen molar-refractivity contribution in [1.82, 2.24) is 19.4 Å². The van der Waals surface area contributed by atoms with Gasteiger partial charge in [0.1, 0.15) is 5.82 Å². The Morgan fingerprint density at radius 1 is 1.10 bits per heavy atom. The number of carbonyl (C=O) groups excluding carboxylic acids is 1. The van der Waals surface area contributed by atoms with E-state index in [4.69, 9.17) is 4.74 Å². The van der Waals surface area contributed by atoms with Gasteiger partial charge >= 0.3 is 0 Å². The maximum Gasteiger partial charge on any atom is 0.254 e. The molecule has 0 aliphatic heterocycles. The zero-order valence-corrected chi connectivity index (χ0v) is 17.5. The number of fused-ring (bicyclic) bond motifs is 1. The molecule has 2 heterocycles. The van der Waals surface area contributed by atoms with Gasteiger partial charge < -0.3 is 19.3 Å². The molecule has 1 amide bonds. The van der Waals surface area contributed by atoms with Gasteiger partial charge in [-0.25, -0.2) is 9.97 Å². The minimum atomic E-state index is -0.146. The highest BCUT2D eigenvalue weighted by Crippen LogP contribution is 2.32. The number of aromatic nitrogens is 3. The van der Waals surface area contributed by atoms with Crippen LogP contribution in [-0.4, -0.2) is 50.7 Å². The highest BCUT2D eigenvalue weighted by Gasteiger charge is 2.20. The molecule has 4 aromatic rings. The summed E-state index contributed by atoms with van der Waals surface area (Å²) in [5, 5.41) is 11.4. The third-order valence-electron chi connectivity index (χ3n) is 5.32. The first kappa shape index (κ1) is 20.6. The van der Waals surface area contributed by atoms with Crippen molar-refractivity contribution in [3.05, 3.63) is 78.5 Å². The third-order valence-corrected chi connectivity index (χ3v) is 5.32. The number of methoxy groups -OCH3 is 1. The molecule has 158 valence electrons. The number of hydrogen-bond acceptors (Lipinski definition) is 5. The number of amides is 1. The smallest absolute Gasteiger partial charge is 0.254 e. The molecule has 1 N–H and O–H groups in total. The second kappa shape index (κ2) is 8.97. The fraction of sp³-hybridized carbons (Fsp3) is 0.208. The van der Waals surface area contributed by atoms with Crippen molar-refractivity contribution in [3.63, 3.8) is 0 Å². The maximum absolute atomic E-state index is 13.5. The van der Waals surface area contributed by atoms with Crippen LogP contribution in [-0.2, 0) is 13.6 Å². The normalized spacial score (nSPS) is 10.9. The molecule has 0 unspecified atom stereocenters. The summed E-state index contributed by atoms with van der Waals surface area (Å²) in [7, 11) is 3.47. The number of rotatable bonds is 7. The highest BCUT2D eigenvalue weighted by molar-refractivity contribution is 6.10. The Bertz CT molecular complexity index is 1200. The van der Waals surface area contributed by atoms with E-state index in [1.54, 1.807) is 24.4 Å². The van der Waals surface area contributed by atoms with Crippen molar-refractivity contribution >= 4 is 16.7 Å². The van der Waals surface area contributed by atoms with E-state index in [0.29, 0.717) is 18.0 Å². The fourth-order valence-electron chi connectivity index (χ4n) is 3.66. The number of nitrogens with zero attached hydrogens (tertiary/aromatic N) is 4. The van der Waals surface area contributed by atoms with E-state index in [-0.39, 0.29) is 19.1 Å². The van der Waals surface area contributed by atoms with Crippen molar-refractivity contribution in [2.45, 2.75) is 6.54 Å². The van der Waals surface area contributed by atoms with Crippen LogP contribution in [0.15, 0.2) is 67.1 Å². The van der Waals surface area contributed by atoms with Gasteiger partial charge in [0.25, 0.3) is 5.91 Å². The average molecular weight is 416 g/mol. The number of carbonyl (C=O) groups is 1. The van der Waals surface area contributed by atoms with Crippen molar-refractivity contribution in [1.29, 1.82) is 0 Å². The van der Waals surface area contributed by atoms with Crippen LogP contribution in [0.2, 0.25) is 0 Å². The molecule has 0 saturated heterocycles. The number of benzene rings is 2. The zero-order valence-electron chi connectivity index (χ0n) is 17.5. The molecule has 0 bridgehead atoms. The van der Waals surface area contributed by atoms with E-state index in [9.17, 15) is 9.90 Å². The highest BCUT2D eigenvalue weighted by atomic mass is 16.5. The second-order valence-electron chi connectivity index (χ2n) is 7.20. The molecule has 0 spiro atoms. The first-order valence-electron chi connectivity index (χ1n) is 10.0. The SMILES string of the molecule is COc1ccc(-c2ccc(C(=O)N(CCO)Cc3nccn3C)c3ccccc23)cn1. The van der Waals surface area contributed by atoms with E-state index >= 15 is 0 Å². The second-order valence-corrected chi connectivity index (χ2v) is 7.20. The predicted molar refractivity (Wildman–Crippen MR) is 119 cm³/mol. The van der Waals surface area contributed by atoms with Gasteiger partial charge in [0, 0.05) is 49.4 Å². The van der Waals surface area contributed by atoms with Crippen molar-refractivity contribution in [3.8, 4) is 17.0 Å². The molecule has 4 rings (SSSR count). The first-order valence-corrected chi connectivity index (χ1v) is 10.0. The van der Waals surface area contributed by atoms with E-state index in [1.807, 2.05) is 66.3 Å². The summed E-state index contributed by atoms with van der Waals surface area (Å²) < 4.78 is 7.03. The minimum absolute atomic E-state index is 0.121. The Morgan fingerprint density at radius 3 is 2.55 bits per heavy atom. The Morgan fingerprint density at radius 2 is 1.90 bits per heavy atom. The van der Waals surface area contributed by atoms with Crippen LogP contribution in [0.4, 0.5) is 0 Å². The zero-order chi connectivity index (χ0) is 21.8. The molecule has 2 aromatic heterocycles. The molecule has 31 heavy (non-hydrogen) atoms. The molecular weight excluding hydrogens is 392 g/mol. The lowest BCUT2D eigenvalue weighted by Crippen LogP contribution is -2.34.